The van der Waals surface area contributed by atoms with Crippen LogP contribution in [0.3, 0.4) is 0 Å². The summed E-state index contributed by atoms with van der Waals surface area (Å²) >= 11 is 0. The molecule has 0 aromatic heterocycles. The molecule has 3 rings (SSSR count). The predicted molar refractivity (Wildman–Crippen MR) is 84.4 cm³/mol. The average molecular weight is 339 g/mol. The maximum absolute atomic E-state index is 14.4. The first-order valence-electron chi connectivity index (χ1n) is 8.49. The molecule has 2 aliphatic rings. The molecule has 24 heavy (non-hydrogen) atoms. The largest absolute Gasteiger partial charge is 0.381 e. The lowest BCUT2D eigenvalue weighted by atomic mass is 9.81. The lowest BCUT2D eigenvalue weighted by Gasteiger charge is -2.40. The van der Waals surface area contributed by atoms with Crippen molar-refractivity contribution in [2.75, 3.05) is 19.8 Å². The SMILES string of the molecule is C[C@@H]1OCCC[C@@H]1C(=O)NC1(c2ccc(F)cc2F)CCOCC1. The van der Waals surface area contributed by atoms with Crippen LogP contribution in [0.2, 0.25) is 0 Å². The van der Waals surface area contributed by atoms with Crippen LogP contribution in [0.5, 0.6) is 0 Å². The van der Waals surface area contributed by atoms with E-state index < -0.39 is 17.2 Å². The average Bonchev–Trinajstić information content (AvgIpc) is 2.55. The highest BCUT2D eigenvalue weighted by Gasteiger charge is 2.40. The lowest BCUT2D eigenvalue weighted by molar-refractivity contribution is -0.136. The van der Waals surface area contributed by atoms with Gasteiger partial charge in [0.05, 0.1) is 17.6 Å². The summed E-state index contributed by atoms with van der Waals surface area (Å²) in [5, 5.41) is 3.05. The molecule has 0 bridgehead atoms. The van der Waals surface area contributed by atoms with Gasteiger partial charge in [-0.1, -0.05) is 6.07 Å². The maximum Gasteiger partial charge on any atom is 0.226 e. The Hall–Kier alpha value is -1.53. The molecule has 0 radical (unpaired) electrons. The Balaban J connectivity index is 1.87. The first kappa shape index (κ1) is 17.3. The molecule has 1 amide bonds. The van der Waals surface area contributed by atoms with Gasteiger partial charge in [0.15, 0.2) is 0 Å². The molecule has 2 saturated heterocycles. The van der Waals surface area contributed by atoms with Gasteiger partial charge >= 0.3 is 0 Å². The molecule has 0 spiro atoms. The molecule has 132 valence electrons. The number of nitrogens with one attached hydrogen (secondary N) is 1. The number of amides is 1. The second kappa shape index (κ2) is 7.15. The Kier molecular flexibility index (Phi) is 5.15. The van der Waals surface area contributed by atoms with E-state index >= 15 is 0 Å². The van der Waals surface area contributed by atoms with Crippen molar-refractivity contribution in [1.29, 1.82) is 0 Å². The highest BCUT2D eigenvalue weighted by atomic mass is 19.1. The number of halogens is 2. The number of carbonyl (C=O) groups is 1. The van der Waals surface area contributed by atoms with E-state index in [1.54, 1.807) is 0 Å². The minimum atomic E-state index is -0.857. The van der Waals surface area contributed by atoms with Crippen molar-refractivity contribution in [2.45, 2.75) is 44.2 Å². The number of ether oxygens (including phenoxy) is 2. The van der Waals surface area contributed by atoms with E-state index in [4.69, 9.17) is 9.47 Å². The van der Waals surface area contributed by atoms with Gasteiger partial charge in [-0.2, -0.15) is 0 Å². The van der Waals surface area contributed by atoms with Crippen LogP contribution in [0, 0.1) is 17.6 Å². The number of rotatable bonds is 3. The van der Waals surface area contributed by atoms with Gasteiger partial charge in [0, 0.05) is 31.5 Å². The predicted octanol–water partition coefficient (Wildman–Crippen LogP) is 2.90. The number of carbonyl (C=O) groups excluding carboxylic acids is 1. The van der Waals surface area contributed by atoms with Crippen LogP contribution >= 0.6 is 0 Å². The Morgan fingerprint density at radius 2 is 2.00 bits per heavy atom. The van der Waals surface area contributed by atoms with Gasteiger partial charge in [-0.25, -0.2) is 8.78 Å². The second-order valence-electron chi connectivity index (χ2n) is 6.63. The minimum absolute atomic E-state index is 0.132. The van der Waals surface area contributed by atoms with E-state index in [2.05, 4.69) is 5.32 Å². The molecule has 0 saturated carbocycles. The van der Waals surface area contributed by atoms with Gasteiger partial charge < -0.3 is 14.8 Å². The van der Waals surface area contributed by atoms with Crippen molar-refractivity contribution in [3.63, 3.8) is 0 Å². The van der Waals surface area contributed by atoms with Crippen molar-refractivity contribution < 1.29 is 23.0 Å². The van der Waals surface area contributed by atoms with Crippen LogP contribution in [0.1, 0.15) is 38.2 Å². The summed E-state index contributed by atoms with van der Waals surface area (Å²) < 4.78 is 38.6. The highest BCUT2D eigenvalue weighted by Crippen LogP contribution is 2.35. The van der Waals surface area contributed by atoms with Crippen LogP contribution in [0.4, 0.5) is 8.78 Å². The normalized spacial score (nSPS) is 26.8. The zero-order valence-electron chi connectivity index (χ0n) is 13.8. The van der Waals surface area contributed by atoms with Crippen molar-refractivity contribution in [3.8, 4) is 0 Å². The van der Waals surface area contributed by atoms with E-state index in [0.717, 1.165) is 18.9 Å². The molecule has 0 aliphatic carbocycles. The van der Waals surface area contributed by atoms with Crippen molar-refractivity contribution in [3.05, 3.63) is 35.4 Å². The Labute approximate surface area is 140 Å². The number of benzene rings is 1. The van der Waals surface area contributed by atoms with Gasteiger partial charge in [-0.3, -0.25) is 4.79 Å². The summed E-state index contributed by atoms with van der Waals surface area (Å²) in [6, 6.07) is 3.52. The van der Waals surface area contributed by atoms with E-state index in [9.17, 15) is 13.6 Å². The molecule has 2 aliphatic heterocycles. The molecule has 2 fully saturated rings. The molecule has 1 aromatic carbocycles. The van der Waals surface area contributed by atoms with Gasteiger partial charge in [0.2, 0.25) is 5.91 Å². The van der Waals surface area contributed by atoms with Gasteiger partial charge in [-0.15, -0.1) is 0 Å². The molecule has 2 atom stereocenters. The molecule has 2 heterocycles. The van der Waals surface area contributed by atoms with Crippen LogP contribution in [0.15, 0.2) is 18.2 Å². The third kappa shape index (κ3) is 3.44. The molecular weight excluding hydrogens is 316 g/mol. The second-order valence-corrected chi connectivity index (χ2v) is 6.63. The summed E-state index contributed by atoms with van der Waals surface area (Å²) in [4.78, 5) is 12.8. The summed E-state index contributed by atoms with van der Waals surface area (Å²) in [6.07, 6.45) is 2.36. The monoisotopic (exact) mass is 339 g/mol. The maximum atomic E-state index is 14.4. The summed E-state index contributed by atoms with van der Waals surface area (Å²) in [5.74, 6) is -1.64. The smallest absolute Gasteiger partial charge is 0.226 e. The third-order valence-electron chi connectivity index (χ3n) is 5.10. The molecular formula is C18H23F2NO3. The van der Waals surface area contributed by atoms with E-state index in [-0.39, 0.29) is 17.9 Å². The highest BCUT2D eigenvalue weighted by molar-refractivity contribution is 5.80. The third-order valence-corrected chi connectivity index (χ3v) is 5.10. The fourth-order valence-corrected chi connectivity index (χ4v) is 3.66. The first-order valence-corrected chi connectivity index (χ1v) is 8.49. The fourth-order valence-electron chi connectivity index (χ4n) is 3.66. The molecule has 0 unspecified atom stereocenters. The Bertz CT molecular complexity index is 602. The van der Waals surface area contributed by atoms with Crippen LogP contribution in [0.25, 0.3) is 0 Å². The number of hydrogen-bond donors (Lipinski definition) is 1. The van der Waals surface area contributed by atoms with Gasteiger partial charge in [0.25, 0.3) is 0 Å². The quantitative estimate of drug-likeness (QED) is 0.921. The zero-order chi connectivity index (χ0) is 17.2. The van der Waals surface area contributed by atoms with Gasteiger partial charge in [0.1, 0.15) is 11.6 Å². The zero-order valence-corrected chi connectivity index (χ0v) is 13.8. The molecule has 1 aromatic rings. The fraction of sp³-hybridized carbons (Fsp3) is 0.611. The van der Waals surface area contributed by atoms with Crippen molar-refractivity contribution in [2.24, 2.45) is 5.92 Å². The Morgan fingerprint density at radius 1 is 1.25 bits per heavy atom. The van der Waals surface area contributed by atoms with E-state index in [1.165, 1.54) is 12.1 Å². The Morgan fingerprint density at radius 3 is 2.67 bits per heavy atom. The lowest BCUT2D eigenvalue weighted by Crippen LogP contribution is -2.53. The molecule has 4 nitrogen and oxygen atoms in total. The summed E-state index contributed by atoms with van der Waals surface area (Å²) in [6.45, 7) is 3.40. The summed E-state index contributed by atoms with van der Waals surface area (Å²) in [7, 11) is 0. The van der Waals surface area contributed by atoms with Crippen LogP contribution in [-0.2, 0) is 19.8 Å². The minimum Gasteiger partial charge on any atom is -0.381 e. The summed E-state index contributed by atoms with van der Waals surface area (Å²) in [5.41, 5.74) is -0.533. The standard InChI is InChI=1S/C18H23F2NO3/c1-12-14(3-2-8-24-12)17(22)21-18(6-9-23-10-7-18)15-5-4-13(19)11-16(15)20/h4-5,11-12,14H,2-3,6-10H2,1H3,(H,21,22)/t12-,14-/m0/s1. The molecule has 1 N–H and O–H groups in total. The topological polar surface area (TPSA) is 47.6 Å². The van der Waals surface area contributed by atoms with E-state index in [0.29, 0.717) is 38.2 Å². The van der Waals surface area contributed by atoms with Crippen LogP contribution < -0.4 is 5.32 Å². The number of hydrogen-bond acceptors (Lipinski definition) is 3. The van der Waals surface area contributed by atoms with Crippen molar-refractivity contribution in [1.82, 2.24) is 5.32 Å². The molecule has 6 heteroatoms. The van der Waals surface area contributed by atoms with Gasteiger partial charge in [-0.05, 0) is 38.7 Å². The van der Waals surface area contributed by atoms with E-state index in [1.807, 2.05) is 6.92 Å². The van der Waals surface area contributed by atoms with Crippen molar-refractivity contribution >= 4 is 5.91 Å². The van der Waals surface area contributed by atoms with Crippen LogP contribution in [-0.4, -0.2) is 31.8 Å². The first-order chi connectivity index (χ1) is 11.5.